The van der Waals surface area contributed by atoms with Crippen molar-refractivity contribution in [2.75, 3.05) is 13.2 Å². The quantitative estimate of drug-likeness (QED) is 0.0261. The van der Waals surface area contributed by atoms with E-state index in [4.69, 9.17) is 14.2 Å². The van der Waals surface area contributed by atoms with Crippen LogP contribution in [0.4, 0.5) is 0 Å². The topological polar surface area (TPSA) is 78.9 Å². The maximum Gasteiger partial charge on any atom is 0.306 e. The van der Waals surface area contributed by atoms with Gasteiger partial charge in [-0.25, -0.2) is 0 Å². The smallest absolute Gasteiger partial charge is 0.306 e. The van der Waals surface area contributed by atoms with Gasteiger partial charge in [0.2, 0.25) is 0 Å². The molecule has 0 aromatic carbocycles. The molecule has 82 heavy (non-hydrogen) atoms. The van der Waals surface area contributed by atoms with Crippen LogP contribution in [0.25, 0.3) is 0 Å². The van der Waals surface area contributed by atoms with Crippen molar-refractivity contribution < 1.29 is 28.6 Å². The lowest BCUT2D eigenvalue weighted by Crippen LogP contribution is -2.30. The molecule has 6 nitrogen and oxygen atoms in total. The van der Waals surface area contributed by atoms with Gasteiger partial charge in [-0.15, -0.1) is 0 Å². The number of ether oxygens (including phenoxy) is 3. The molecular formula is C76H140O6. The molecule has 0 bridgehead atoms. The van der Waals surface area contributed by atoms with Gasteiger partial charge >= 0.3 is 17.9 Å². The van der Waals surface area contributed by atoms with Gasteiger partial charge in [-0.2, -0.15) is 0 Å². The molecule has 0 aliphatic heterocycles. The van der Waals surface area contributed by atoms with Crippen LogP contribution in [0, 0.1) is 0 Å². The SMILES string of the molecule is CC/C=C\C/C=C\C/C=C\C/C=C\CCCCCCCCCCC(=O)OC(COC(=O)CCCCCCCCCC)COC(=O)CCCCCCCCCCCCCCCCCCCCCCCCCCCCCCCCCCCCC. The minimum atomic E-state index is -0.774. The lowest BCUT2D eigenvalue weighted by molar-refractivity contribution is -0.167. The van der Waals surface area contributed by atoms with Crippen LogP contribution in [0.1, 0.15) is 400 Å². The third kappa shape index (κ3) is 68.2. The van der Waals surface area contributed by atoms with Crippen LogP contribution >= 0.6 is 0 Å². The second-order valence-electron chi connectivity index (χ2n) is 24.8. The van der Waals surface area contributed by atoms with Gasteiger partial charge in [0.1, 0.15) is 13.2 Å². The van der Waals surface area contributed by atoms with Crippen molar-refractivity contribution in [2.45, 2.75) is 406 Å². The number of carbonyl (C=O) groups is 3. The summed E-state index contributed by atoms with van der Waals surface area (Å²) in [6.45, 7) is 6.56. The predicted octanol–water partition coefficient (Wildman–Crippen LogP) is 25.3. The third-order valence-corrected chi connectivity index (χ3v) is 16.6. The van der Waals surface area contributed by atoms with Crippen LogP contribution in [0.3, 0.4) is 0 Å². The Labute approximate surface area is 511 Å². The lowest BCUT2D eigenvalue weighted by Gasteiger charge is -2.18. The van der Waals surface area contributed by atoms with Crippen LogP contribution < -0.4 is 0 Å². The monoisotopic (exact) mass is 1150 g/mol. The summed E-state index contributed by atoms with van der Waals surface area (Å²) in [6, 6.07) is 0. The number of unbranched alkanes of at least 4 members (excludes halogenated alkanes) is 49. The van der Waals surface area contributed by atoms with Gasteiger partial charge < -0.3 is 14.2 Å². The Balaban J connectivity index is 3.98. The molecule has 1 unspecified atom stereocenters. The minimum Gasteiger partial charge on any atom is -0.462 e. The summed E-state index contributed by atoms with van der Waals surface area (Å²) in [6.07, 6.45) is 90.5. The molecule has 0 rings (SSSR count). The second-order valence-corrected chi connectivity index (χ2v) is 24.8. The van der Waals surface area contributed by atoms with Crippen molar-refractivity contribution in [1.82, 2.24) is 0 Å². The van der Waals surface area contributed by atoms with E-state index in [0.29, 0.717) is 19.3 Å². The van der Waals surface area contributed by atoms with E-state index in [-0.39, 0.29) is 31.1 Å². The Hall–Kier alpha value is -2.63. The number of esters is 3. The molecule has 0 amide bonds. The Morgan fingerprint density at radius 1 is 0.256 bits per heavy atom. The number of hydrogen-bond acceptors (Lipinski definition) is 6. The first-order valence-electron chi connectivity index (χ1n) is 36.6. The van der Waals surface area contributed by atoms with E-state index in [0.717, 1.165) is 89.9 Å². The van der Waals surface area contributed by atoms with Crippen molar-refractivity contribution in [3.63, 3.8) is 0 Å². The summed E-state index contributed by atoms with van der Waals surface area (Å²) in [7, 11) is 0. The van der Waals surface area contributed by atoms with Gasteiger partial charge in [-0.3, -0.25) is 14.4 Å². The fourth-order valence-electron chi connectivity index (χ4n) is 11.1. The first kappa shape index (κ1) is 79.4. The van der Waals surface area contributed by atoms with Gasteiger partial charge in [0.15, 0.2) is 6.10 Å². The van der Waals surface area contributed by atoms with Gasteiger partial charge in [-0.1, -0.05) is 371 Å². The highest BCUT2D eigenvalue weighted by Crippen LogP contribution is 2.19. The van der Waals surface area contributed by atoms with E-state index >= 15 is 0 Å². The van der Waals surface area contributed by atoms with Crippen LogP contribution in [-0.4, -0.2) is 37.2 Å². The van der Waals surface area contributed by atoms with E-state index in [2.05, 4.69) is 69.4 Å². The average Bonchev–Trinajstić information content (AvgIpc) is 3.48. The van der Waals surface area contributed by atoms with Crippen LogP contribution in [-0.2, 0) is 28.6 Å². The van der Waals surface area contributed by atoms with Crippen molar-refractivity contribution in [1.29, 1.82) is 0 Å². The number of carbonyl (C=O) groups excluding carboxylic acids is 3. The van der Waals surface area contributed by atoms with E-state index in [1.807, 2.05) is 0 Å². The molecule has 6 heteroatoms. The highest BCUT2D eigenvalue weighted by Gasteiger charge is 2.19. The summed E-state index contributed by atoms with van der Waals surface area (Å²) in [4.78, 5) is 38.2. The molecule has 0 aliphatic rings. The van der Waals surface area contributed by atoms with Gasteiger partial charge in [-0.05, 0) is 57.8 Å². The van der Waals surface area contributed by atoms with E-state index < -0.39 is 6.10 Å². The van der Waals surface area contributed by atoms with Crippen molar-refractivity contribution in [3.8, 4) is 0 Å². The number of rotatable bonds is 68. The summed E-state index contributed by atoms with van der Waals surface area (Å²) in [5.41, 5.74) is 0. The molecule has 0 aromatic rings. The van der Waals surface area contributed by atoms with E-state index in [9.17, 15) is 14.4 Å². The predicted molar refractivity (Wildman–Crippen MR) is 358 cm³/mol. The van der Waals surface area contributed by atoms with E-state index in [1.54, 1.807) is 0 Å². The maximum atomic E-state index is 12.9. The molecule has 480 valence electrons. The highest BCUT2D eigenvalue weighted by molar-refractivity contribution is 5.71. The molecule has 0 N–H and O–H groups in total. The molecule has 0 aromatic heterocycles. The fraction of sp³-hybridized carbons (Fsp3) is 0.855. The Morgan fingerprint density at radius 3 is 0.744 bits per heavy atom. The molecule has 0 aliphatic carbocycles. The minimum absolute atomic E-state index is 0.0718. The number of allylic oxidation sites excluding steroid dienone is 8. The first-order valence-corrected chi connectivity index (χ1v) is 36.6. The van der Waals surface area contributed by atoms with Crippen LogP contribution in [0.5, 0.6) is 0 Å². The number of hydrogen-bond donors (Lipinski definition) is 0. The molecule has 1 atom stereocenters. The molecule has 0 fully saturated rings. The first-order chi connectivity index (χ1) is 40.5. The summed E-state index contributed by atoms with van der Waals surface area (Å²) in [5, 5.41) is 0. The standard InChI is InChI=1S/C76H140O6/c1-4-7-10-13-16-19-21-23-25-27-29-31-32-33-34-35-36-37-38-39-40-41-42-43-44-46-47-49-51-53-55-57-60-63-66-69-75(78)81-72-73(71-80-74(77)68-65-62-59-18-15-12-9-6-3)82-76(79)70-67-64-61-58-56-54-52-50-48-45-30-28-26-24-22-20-17-14-11-8-5-2/h8,11,17,20,24,26,30,45,73H,4-7,9-10,12-16,18-19,21-23,25,27-29,31-44,46-72H2,1-3H3/b11-8-,20-17-,26-24-,45-30-. The molecule has 0 spiro atoms. The summed E-state index contributed by atoms with van der Waals surface area (Å²) < 4.78 is 16.9. The zero-order valence-corrected chi connectivity index (χ0v) is 55.3. The molecule has 0 radical (unpaired) electrons. The van der Waals surface area contributed by atoms with Crippen LogP contribution in [0.15, 0.2) is 48.6 Å². The fourth-order valence-corrected chi connectivity index (χ4v) is 11.1. The summed E-state index contributed by atoms with van der Waals surface area (Å²) >= 11 is 0. The zero-order valence-electron chi connectivity index (χ0n) is 55.3. The maximum absolute atomic E-state index is 12.9. The van der Waals surface area contributed by atoms with Crippen molar-refractivity contribution in [3.05, 3.63) is 48.6 Å². The van der Waals surface area contributed by atoms with Crippen molar-refractivity contribution >= 4 is 17.9 Å². The molecular weight excluding hydrogens is 1010 g/mol. The Morgan fingerprint density at radius 2 is 0.476 bits per heavy atom. The highest BCUT2D eigenvalue weighted by atomic mass is 16.6. The Kier molecular flexibility index (Phi) is 68.6. The largest absolute Gasteiger partial charge is 0.462 e. The molecule has 0 saturated heterocycles. The molecule has 0 saturated carbocycles. The molecule has 0 heterocycles. The van der Waals surface area contributed by atoms with Gasteiger partial charge in [0.25, 0.3) is 0 Å². The normalized spacial score (nSPS) is 12.3. The second kappa shape index (κ2) is 70.9. The zero-order chi connectivity index (χ0) is 59.2. The van der Waals surface area contributed by atoms with Crippen molar-refractivity contribution in [2.24, 2.45) is 0 Å². The third-order valence-electron chi connectivity index (χ3n) is 16.6. The van der Waals surface area contributed by atoms with Gasteiger partial charge in [0, 0.05) is 19.3 Å². The van der Waals surface area contributed by atoms with E-state index in [1.165, 1.54) is 270 Å². The van der Waals surface area contributed by atoms with Crippen LogP contribution in [0.2, 0.25) is 0 Å². The summed E-state index contributed by atoms with van der Waals surface area (Å²) in [5.74, 6) is -0.861. The Bertz CT molecular complexity index is 1410. The van der Waals surface area contributed by atoms with Gasteiger partial charge in [0.05, 0.1) is 0 Å². The lowest BCUT2D eigenvalue weighted by atomic mass is 10.0. The average molecular weight is 1150 g/mol.